The fourth-order valence-electron chi connectivity index (χ4n) is 3.55. The Labute approximate surface area is 165 Å². The molecule has 2 aromatic carbocycles. The molecule has 5 nitrogen and oxygen atoms in total. The van der Waals surface area contributed by atoms with E-state index in [1.807, 2.05) is 13.0 Å². The summed E-state index contributed by atoms with van der Waals surface area (Å²) in [6.45, 7) is 6.97. The van der Waals surface area contributed by atoms with Gasteiger partial charge in [-0.1, -0.05) is 24.3 Å². The summed E-state index contributed by atoms with van der Waals surface area (Å²) >= 11 is 0. The van der Waals surface area contributed by atoms with Crippen molar-refractivity contribution in [3.63, 3.8) is 0 Å². The van der Waals surface area contributed by atoms with Crippen molar-refractivity contribution in [1.82, 2.24) is 15.0 Å². The number of aromatic nitrogens is 3. The van der Waals surface area contributed by atoms with Crippen molar-refractivity contribution in [1.29, 1.82) is 0 Å². The lowest BCUT2D eigenvalue weighted by Crippen LogP contribution is -2.08. The molecule has 0 fully saturated rings. The van der Waals surface area contributed by atoms with E-state index in [1.165, 1.54) is 27.6 Å². The molecule has 0 amide bonds. The van der Waals surface area contributed by atoms with Gasteiger partial charge in [-0.05, 0) is 62.1 Å². The zero-order valence-corrected chi connectivity index (χ0v) is 16.5. The van der Waals surface area contributed by atoms with E-state index in [4.69, 9.17) is 0 Å². The van der Waals surface area contributed by atoms with E-state index in [0.29, 0.717) is 5.95 Å². The minimum Gasteiger partial charge on any atom is -0.370 e. The van der Waals surface area contributed by atoms with Crippen molar-refractivity contribution in [2.75, 3.05) is 17.2 Å². The van der Waals surface area contributed by atoms with E-state index in [0.717, 1.165) is 30.2 Å². The number of fused-ring (bicyclic) bond motifs is 1. The molecule has 0 spiro atoms. The van der Waals surface area contributed by atoms with Crippen LogP contribution >= 0.6 is 0 Å². The van der Waals surface area contributed by atoms with Crippen LogP contribution in [0.15, 0.2) is 54.7 Å². The fraction of sp³-hybridized carbons (Fsp3) is 0.217. The molecule has 5 heteroatoms. The highest BCUT2D eigenvalue weighted by molar-refractivity contribution is 5.83. The van der Waals surface area contributed by atoms with Crippen LogP contribution < -0.4 is 10.6 Å². The van der Waals surface area contributed by atoms with Crippen molar-refractivity contribution in [3.8, 4) is 0 Å². The maximum Gasteiger partial charge on any atom is 0.229 e. The van der Waals surface area contributed by atoms with Gasteiger partial charge in [-0.2, -0.15) is 4.98 Å². The van der Waals surface area contributed by atoms with E-state index in [9.17, 15) is 0 Å². The highest BCUT2D eigenvalue weighted by atomic mass is 15.1. The van der Waals surface area contributed by atoms with Crippen LogP contribution in [0.2, 0.25) is 0 Å². The molecule has 0 saturated carbocycles. The summed E-state index contributed by atoms with van der Waals surface area (Å²) in [5.41, 5.74) is 6.85. The molecule has 0 radical (unpaired) electrons. The standard InChI is InChI=1S/C23H25N5/c1-15-10-16(2)12-19(11-15)27-23-26-17(3)13-22(28-23)24-9-8-18-14-25-21-7-5-4-6-20(18)21/h4-7,10-14,25H,8-9H2,1-3H3,(H2,24,26,27,28). The lowest BCUT2D eigenvalue weighted by atomic mass is 10.1. The van der Waals surface area contributed by atoms with Gasteiger partial charge in [0.05, 0.1) is 0 Å². The first-order valence-electron chi connectivity index (χ1n) is 9.57. The van der Waals surface area contributed by atoms with Gasteiger partial charge in [-0.15, -0.1) is 0 Å². The van der Waals surface area contributed by atoms with Gasteiger partial charge in [-0.3, -0.25) is 0 Å². The summed E-state index contributed by atoms with van der Waals surface area (Å²) in [4.78, 5) is 12.5. The number of H-pyrrole nitrogens is 1. The molecule has 0 unspecified atom stereocenters. The lowest BCUT2D eigenvalue weighted by molar-refractivity contribution is 1.00. The number of aryl methyl sites for hydroxylation is 3. The van der Waals surface area contributed by atoms with Crippen molar-refractivity contribution in [2.45, 2.75) is 27.2 Å². The number of hydrogen-bond donors (Lipinski definition) is 3. The number of rotatable bonds is 6. The zero-order chi connectivity index (χ0) is 19.5. The second-order valence-electron chi connectivity index (χ2n) is 7.26. The fourth-order valence-corrected chi connectivity index (χ4v) is 3.55. The van der Waals surface area contributed by atoms with E-state index < -0.39 is 0 Å². The molecule has 28 heavy (non-hydrogen) atoms. The van der Waals surface area contributed by atoms with Crippen molar-refractivity contribution in [2.24, 2.45) is 0 Å². The molecule has 0 saturated heterocycles. The van der Waals surface area contributed by atoms with Crippen LogP contribution in [0.1, 0.15) is 22.4 Å². The Balaban J connectivity index is 1.45. The molecule has 0 aliphatic rings. The molecule has 4 rings (SSSR count). The SMILES string of the molecule is Cc1cc(C)cc(Nc2nc(C)cc(NCCc3c[nH]c4ccccc34)n2)c1. The number of benzene rings is 2. The number of nitrogens with zero attached hydrogens (tertiary/aromatic N) is 2. The summed E-state index contributed by atoms with van der Waals surface area (Å²) in [6, 6.07) is 16.7. The Kier molecular flexibility index (Phi) is 4.98. The number of hydrogen-bond acceptors (Lipinski definition) is 4. The molecule has 3 N–H and O–H groups in total. The minimum absolute atomic E-state index is 0.611. The third-order valence-electron chi connectivity index (χ3n) is 4.71. The van der Waals surface area contributed by atoms with E-state index in [2.05, 4.69) is 88.1 Å². The summed E-state index contributed by atoms with van der Waals surface area (Å²) < 4.78 is 0. The Morgan fingerprint density at radius 1 is 0.929 bits per heavy atom. The van der Waals surface area contributed by atoms with Gasteiger partial charge in [0.25, 0.3) is 0 Å². The molecule has 2 heterocycles. The van der Waals surface area contributed by atoms with Crippen LogP contribution in [0.4, 0.5) is 17.5 Å². The van der Waals surface area contributed by atoms with E-state index in [1.54, 1.807) is 0 Å². The van der Waals surface area contributed by atoms with Gasteiger partial charge in [-0.25, -0.2) is 4.98 Å². The van der Waals surface area contributed by atoms with Gasteiger partial charge < -0.3 is 15.6 Å². The molecule has 0 aliphatic carbocycles. The average Bonchev–Trinajstić information content (AvgIpc) is 3.04. The van der Waals surface area contributed by atoms with Gasteiger partial charge in [0.1, 0.15) is 5.82 Å². The lowest BCUT2D eigenvalue weighted by Gasteiger charge is -2.11. The zero-order valence-electron chi connectivity index (χ0n) is 16.5. The van der Waals surface area contributed by atoms with Gasteiger partial charge in [0.2, 0.25) is 5.95 Å². The Hall–Kier alpha value is -3.34. The van der Waals surface area contributed by atoms with Crippen LogP contribution in [-0.4, -0.2) is 21.5 Å². The highest BCUT2D eigenvalue weighted by Crippen LogP contribution is 2.20. The van der Waals surface area contributed by atoms with Gasteiger partial charge in [0, 0.05) is 41.1 Å². The number of para-hydroxylation sites is 1. The third kappa shape index (κ3) is 4.14. The maximum atomic E-state index is 4.63. The topological polar surface area (TPSA) is 65.6 Å². The second kappa shape index (κ2) is 7.72. The van der Waals surface area contributed by atoms with E-state index in [-0.39, 0.29) is 0 Å². The van der Waals surface area contributed by atoms with Crippen molar-refractivity contribution < 1.29 is 0 Å². The first-order chi connectivity index (χ1) is 13.6. The molecule has 0 aliphatic heterocycles. The van der Waals surface area contributed by atoms with Crippen LogP contribution in [0, 0.1) is 20.8 Å². The predicted molar refractivity (Wildman–Crippen MR) is 116 cm³/mol. The van der Waals surface area contributed by atoms with Crippen LogP contribution in [0.3, 0.4) is 0 Å². The maximum absolute atomic E-state index is 4.63. The highest BCUT2D eigenvalue weighted by Gasteiger charge is 2.06. The first kappa shape index (κ1) is 18.0. The quantitative estimate of drug-likeness (QED) is 0.431. The summed E-state index contributed by atoms with van der Waals surface area (Å²) in [5.74, 6) is 1.44. The summed E-state index contributed by atoms with van der Waals surface area (Å²) in [6.07, 6.45) is 3.01. The predicted octanol–water partition coefficient (Wildman–Crippen LogP) is 5.28. The number of aromatic amines is 1. The van der Waals surface area contributed by atoms with E-state index >= 15 is 0 Å². The molecule has 0 atom stereocenters. The molecular formula is C23H25N5. The molecular weight excluding hydrogens is 346 g/mol. The van der Waals surface area contributed by atoms with Gasteiger partial charge >= 0.3 is 0 Å². The first-order valence-corrected chi connectivity index (χ1v) is 9.57. The molecule has 0 bridgehead atoms. The Bertz CT molecular complexity index is 1090. The Morgan fingerprint density at radius 2 is 1.71 bits per heavy atom. The van der Waals surface area contributed by atoms with Crippen LogP contribution in [0.5, 0.6) is 0 Å². The molecule has 4 aromatic rings. The largest absolute Gasteiger partial charge is 0.370 e. The van der Waals surface area contributed by atoms with Crippen molar-refractivity contribution >= 4 is 28.4 Å². The monoisotopic (exact) mass is 371 g/mol. The summed E-state index contributed by atoms with van der Waals surface area (Å²) in [7, 11) is 0. The molecule has 142 valence electrons. The van der Waals surface area contributed by atoms with Crippen LogP contribution in [-0.2, 0) is 6.42 Å². The normalized spacial score (nSPS) is 11.0. The second-order valence-corrected chi connectivity index (χ2v) is 7.26. The minimum atomic E-state index is 0.611. The Morgan fingerprint density at radius 3 is 2.54 bits per heavy atom. The van der Waals surface area contributed by atoms with Crippen LogP contribution in [0.25, 0.3) is 10.9 Å². The van der Waals surface area contributed by atoms with Crippen molar-refractivity contribution in [3.05, 3.63) is 77.1 Å². The molecule has 2 aromatic heterocycles. The smallest absolute Gasteiger partial charge is 0.229 e. The average molecular weight is 371 g/mol. The summed E-state index contributed by atoms with van der Waals surface area (Å²) in [5, 5.41) is 8.04. The van der Waals surface area contributed by atoms with Gasteiger partial charge in [0.15, 0.2) is 0 Å². The number of anilines is 3. The third-order valence-corrected chi connectivity index (χ3v) is 4.71. The number of nitrogens with one attached hydrogen (secondary N) is 3.